The minimum Gasteiger partial charge on any atom is -0.0890 e. The Bertz CT molecular complexity index is 975. The Kier molecular flexibility index (Phi) is 8.64. The minimum absolute atomic E-state index is 0.00750. The average molecular weight is 503 g/mol. The second-order valence-electron chi connectivity index (χ2n) is 11.1. The summed E-state index contributed by atoms with van der Waals surface area (Å²) in [5.74, 6) is 0. The summed E-state index contributed by atoms with van der Waals surface area (Å²) in [7, 11) is -0.441. The monoisotopic (exact) mass is 502 g/mol. The molecule has 186 valence electrons. The van der Waals surface area contributed by atoms with Crippen LogP contribution in [0.4, 0.5) is 0 Å². The molecule has 0 nitrogen and oxygen atoms in total. The zero-order valence-electron chi connectivity index (χ0n) is 22.1. The maximum absolute atomic E-state index is 2.66. The van der Waals surface area contributed by atoms with Crippen molar-refractivity contribution in [1.29, 1.82) is 0 Å². The van der Waals surface area contributed by atoms with E-state index in [-0.39, 0.29) is 7.92 Å². The zero-order valence-corrected chi connectivity index (χ0v) is 23.9. The first-order valence-electron chi connectivity index (χ1n) is 14.2. The first kappa shape index (κ1) is 25.4. The molecule has 0 bridgehead atoms. The van der Waals surface area contributed by atoms with Crippen LogP contribution in [0.15, 0.2) is 72.3 Å². The molecule has 0 spiro atoms. The highest BCUT2D eigenvalue weighted by molar-refractivity contribution is 7.74. The van der Waals surface area contributed by atoms with E-state index in [4.69, 9.17) is 0 Å². The fourth-order valence-electron chi connectivity index (χ4n) is 7.01. The Morgan fingerprint density at radius 2 is 1.17 bits per heavy atom. The van der Waals surface area contributed by atoms with E-state index in [1.807, 2.05) is 0 Å². The third-order valence-corrected chi connectivity index (χ3v) is 15.8. The summed E-state index contributed by atoms with van der Waals surface area (Å²) in [6.45, 7) is 7.22. The van der Waals surface area contributed by atoms with Crippen LogP contribution in [-0.4, -0.2) is 22.6 Å². The molecule has 0 N–H and O–H groups in total. The molecule has 2 fully saturated rings. The molecule has 3 aliphatic rings. The van der Waals surface area contributed by atoms with Gasteiger partial charge in [-0.1, -0.05) is 126 Å². The van der Waals surface area contributed by atoms with Crippen LogP contribution in [0.3, 0.4) is 0 Å². The highest BCUT2D eigenvalue weighted by Crippen LogP contribution is 2.63. The molecule has 0 heterocycles. The SMILES string of the molecule is Cc1ccccc1P(c1ccccc1C)[C@@H](C)C1=CC=C[C@H]1P(C1CCCCC1)C1CCCCC1. The van der Waals surface area contributed by atoms with Crippen LogP contribution in [0, 0.1) is 13.8 Å². The normalized spacial score (nSPS) is 22.7. The van der Waals surface area contributed by atoms with Gasteiger partial charge in [-0.3, -0.25) is 0 Å². The number of aryl methyl sites for hydroxylation is 2. The highest BCUT2D eigenvalue weighted by Gasteiger charge is 2.40. The van der Waals surface area contributed by atoms with Gasteiger partial charge in [0, 0.05) is 11.3 Å². The Labute approximate surface area is 217 Å². The number of rotatable bonds is 7. The Balaban J connectivity index is 1.52. The lowest BCUT2D eigenvalue weighted by Gasteiger charge is -2.44. The molecular weight excluding hydrogens is 458 g/mol. The van der Waals surface area contributed by atoms with Crippen molar-refractivity contribution in [3.05, 3.63) is 83.5 Å². The Morgan fingerprint density at radius 1 is 0.686 bits per heavy atom. The van der Waals surface area contributed by atoms with Crippen molar-refractivity contribution in [3.63, 3.8) is 0 Å². The molecule has 2 atom stereocenters. The van der Waals surface area contributed by atoms with Crippen molar-refractivity contribution in [1.82, 2.24) is 0 Å². The van der Waals surface area contributed by atoms with Crippen molar-refractivity contribution in [2.45, 2.75) is 108 Å². The lowest BCUT2D eigenvalue weighted by molar-refractivity contribution is 0.483. The molecule has 2 saturated carbocycles. The molecule has 35 heavy (non-hydrogen) atoms. The molecule has 2 aromatic rings. The Morgan fingerprint density at radius 3 is 1.66 bits per heavy atom. The quantitative estimate of drug-likeness (QED) is 0.331. The summed E-state index contributed by atoms with van der Waals surface area (Å²) < 4.78 is 0. The summed E-state index contributed by atoms with van der Waals surface area (Å²) in [4.78, 5) is 0. The largest absolute Gasteiger partial charge is 0.0890 e. The number of hydrogen-bond donors (Lipinski definition) is 0. The van der Waals surface area contributed by atoms with Crippen molar-refractivity contribution in [2.75, 3.05) is 0 Å². The lowest BCUT2D eigenvalue weighted by Crippen LogP contribution is -2.31. The smallest absolute Gasteiger partial charge is 0.0197 e. The number of allylic oxidation sites excluding steroid dienone is 4. The fraction of sp³-hybridized carbons (Fsp3) is 0.515. The van der Waals surface area contributed by atoms with Crippen molar-refractivity contribution in [3.8, 4) is 0 Å². The molecule has 0 saturated heterocycles. The van der Waals surface area contributed by atoms with Gasteiger partial charge in [0.05, 0.1) is 0 Å². The highest BCUT2D eigenvalue weighted by atomic mass is 31.1. The Hall–Kier alpha value is -1.22. The van der Waals surface area contributed by atoms with Crippen LogP contribution in [0.5, 0.6) is 0 Å². The van der Waals surface area contributed by atoms with E-state index in [0.29, 0.717) is 11.3 Å². The van der Waals surface area contributed by atoms with E-state index in [2.05, 4.69) is 87.5 Å². The predicted octanol–water partition coefficient (Wildman–Crippen LogP) is 9.14. The predicted molar refractivity (Wildman–Crippen MR) is 160 cm³/mol. The first-order chi connectivity index (χ1) is 17.1. The van der Waals surface area contributed by atoms with Crippen molar-refractivity contribution in [2.24, 2.45) is 0 Å². The minimum atomic E-state index is -0.449. The molecule has 0 radical (unpaired) electrons. The maximum Gasteiger partial charge on any atom is 0.0197 e. The van der Waals surface area contributed by atoms with Crippen LogP contribution in [-0.2, 0) is 0 Å². The van der Waals surface area contributed by atoms with Gasteiger partial charge in [0.15, 0.2) is 0 Å². The molecule has 0 aliphatic heterocycles. The van der Waals surface area contributed by atoms with Gasteiger partial charge in [-0.15, -0.1) is 0 Å². The summed E-state index contributed by atoms with van der Waals surface area (Å²) >= 11 is 0. The van der Waals surface area contributed by atoms with Crippen molar-refractivity contribution >= 4 is 26.5 Å². The van der Waals surface area contributed by atoms with Crippen LogP contribution in [0.2, 0.25) is 0 Å². The van der Waals surface area contributed by atoms with Gasteiger partial charge in [0.1, 0.15) is 0 Å². The molecule has 3 aliphatic carbocycles. The third kappa shape index (κ3) is 5.55. The molecule has 0 unspecified atom stereocenters. The molecule has 5 rings (SSSR count). The van der Waals surface area contributed by atoms with Crippen LogP contribution in [0.1, 0.15) is 82.3 Å². The van der Waals surface area contributed by atoms with Crippen LogP contribution < -0.4 is 10.6 Å². The van der Waals surface area contributed by atoms with E-state index in [9.17, 15) is 0 Å². The summed E-state index contributed by atoms with van der Waals surface area (Å²) in [6, 6.07) is 18.4. The molecular formula is C33H44P2. The average Bonchev–Trinajstić information content (AvgIpc) is 3.37. The second-order valence-corrected chi connectivity index (χ2v) is 16.5. The van der Waals surface area contributed by atoms with Gasteiger partial charge < -0.3 is 0 Å². The van der Waals surface area contributed by atoms with E-state index in [0.717, 1.165) is 11.3 Å². The van der Waals surface area contributed by atoms with E-state index < -0.39 is 7.92 Å². The number of benzene rings is 2. The summed E-state index contributed by atoms with van der Waals surface area (Å²) in [6.07, 6.45) is 22.5. The zero-order chi connectivity index (χ0) is 24.2. The molecule has 2 heteroatoms. The first-order valence-corrected chi connectivity index (χ1v) is 17.2. The van der Waals surface area contributed by atoms with Gasteiger partial charge in [0.25, 0.3) is 0 Å². The van der Waals surface area contributed by atoms with Gasteiger partial charge >= 0.3 is 0 Å². The van der Waals surface area contributed by atoms with Gasteiger partial charge in [-0.25, -0.2) is 0 Å². The molecule has 2 aromatic carbocycles. The van der Waals surface area contributed by atoms with Gasteiger partial charge in [0.2, 0.25) is 0 Å². The number of hydrogen-bond acceptors (Lipinski definition) is 0. The van der Waals surface area contributed by atoms with E-state index in [1.54, 1.807) is 16.2 Å². The second kappa shape index (κ2) is 11.9. The van der Waals surface area contributed by atoms with Crippen molar-refractivity contribution < 1.29 is 0 Å². The molecule has 0 amide bonds. The summed E-state index contributed by atoms with van der Waals surface area (Å²) in [5, 5.41) is 3.16. The van der Waals surface area contributed by atoms with E-state index >= 15 is 0 Å². The summed E-state index contributed by atoms with van der Waals surface area (Å²) in [5.41, 5.74) is 7.96. The topological polar surface area (TPSA) is 0 Å². The standard InChI is InChI=1S/C33H44P2/c1-25-15-10-12-22-31(25)34(32-23-13-11-16-26(32)2)27(3)30-21-14-24-33(30)35(28-17-6-4-7-18-28)29-19-8-5-9-20-29/h10-16,21-24,27-29,33H,4-9,17-20H2,1-3H3/t27-,33+/m0/s1. The maximum atomic E-state index is 2.66. The van der Waals surface area contributed by atoms with Crippen LogP contribution in [0.25, 0.3) is 0 Å². The fourth-order valence-corrected chi connectivity index (χ4v) is 14.6. The molecule has 0 aromatic heterocycles. The third-order valence-electron chi connectivity index (χ3n) is 8.86. The van der Waals surface area contributed by atoms with Crippen LogP contribution >= 0.6 is 15.8 Å². The lowest BCUT2D eigenvalue weighted by atomic mass is 9.99. The van der Waals surface area contributed by atoms with Gasteiger partial charge in [-0.05, 0) is 80.5 Å². The van der Waals surface area contributed by atoms with E-state index in [1.165, 1.54) is 75.3 Å². The van der Waals surface area contributed by atoms with Gasteiger partial charge in [-0.2, -0.15) is 0 Å².